The van der Waals surface area contributed by atoms with Gasteiger partial charge in [-0.05, 0) is 36.7 Å². The number of hydrogen-bond acceptors (Lipinski definition) is 4. The Morgan fingerprint density at radius 2 is 1.79 bits per heavy atom. The molecule has 0 saturated heterocycles. The second-order valence-corrected chi connectivity index (χ2v) is 5.77. The van der Waals surface area contributed by atoms with Gasteiger partial charge in [-0.2, -0.15) is 0 Å². The van der Waals surface area contributed by atoms with Gasteiger partial charge >= 0.3 is 0 Å². The zero-order chi connectivity index (χ0) is 17.4. The molecule has 1 unspecified atom stereocenters. The number of hydrogen-bond donors (Lipinski definition) is 1. The van der Waals surface area contributed by atoms with Crippen LogP contribution in [0, 0.1) is 0 Å². The summed E-state index contributed by atoms with van der Waals surface area (Å²) < 4.78 is 10.6. The van der Waals surface area contributed by atoms with Gasteiger partial charge in [0.15, 0.2) is 0 Å². The quantitative estimate of drug-likeness (QED) is 0.762. The Morgan fingerprint density at radius 3 is 2.42 bits per heavy atom. The van der Waals surface area contributed by atoms with E-state index in [9.17, 15) is 5.11 Å². The van der Waals surface area contributed by atoms with E-state index in [4.69, 9.17) is 9.47 Å². The fraction of sp³-hybridized carbons (Fsp3) is 0.400. The standard InChI is InChI=1S/C20H27NO3/c1-4-21(15-16-8-6-5-7-9-16)13-12-19(22)18-14-17(23-2)10-11-20(18)24-3/h5-11,14,19,22H,4,12-13,15H2,1-3H3. The Kier molecular flexibility index (Phi) is 7.09. The van der Waals surface area contributed by atoms with Crippen molar-refractivity contribution in [3.05, 3.63) is 59.7 Å². The van der Waals surface area contributed by atoms with Crippen LogP contribution in [0.2, 0.25) is 0 Å². The largest absolute Gasteiger partial charge is 0.497 e. The van der Waals surface area contributed by atoms with Crippen LogP contribution in [-0.4, -0.2) is 37.3 Å². The van der Waals surface area contributed by atoms with Gasteiger partial charge < -0.3 is 14.6 Å². The number of methoxy groups -OCH3 is 2. The molecule has 0 amide bonds. The van der Waals surface area contributed by atoms with E-state index in [1.807, 2.05) is 24.3 Å². The van der Waals surface area contributed by atoms with Crippen molar-refractivity contribution in [3.63, 3.8) is 0 Å². The molecule has 0 aliphatic carbocycles. The Bertz CT molecular complexity index is 616. The third-order valence-corrected chi connectivity index (χ3v) is 4.21. The zero-order valence-electron chi connectivity index (χ0n) is 14.7. The molecule has 0 bridgehead atoms. The van der Waals surface area contributed by atoms with Gasteiger partial charge in [0.1, 0.15) is 11.5 Å². The molecule has 2 aromatic rings. The van der Waals surface area contributed by atoms with Gasteiger partial charge in [-0.3, -0.25) is 4.90 Å². The Labute approximate surface area is 144 Å². The molecule has 2 rings (SSSR count). The molecule has 0 fully saturated rings. The van der Waals surface area contributed by atoms with Crippen LogP contribution < -0.4 is 9.47 Å². The predicted molar refractivity (Wildman–Crippen MR) is 96.5 cm³/mol. The first-order chi connectivity index (χ1) is 11.7. The molecule has 1 N–H and O–H groups in total. The average molecular weight is 329 g/mol. The molecule has 1 atom stereocenters. The number of nitrogens with zero attached hydrogens (tertiary/aromatic N) is 1. The number of benzene rings is 2. The van der Waals surface area contributed by atoms with E-state index in [0.29, 0.717) is 12.2 Å². The van der Waals surface area contributed by atoms with Crippen LogP contribution in [0.3, 0.4) is 0 Å². The molecule has 130 valence electrons. The second-order valence-electron chi connectivity index (χ2n) is 5.77. The summed E-state index contributed by atoms with van der Waals surface area (Å²) in [5.41, 5.74) is 2.06. The van der Waals surface area contributed by atoms with E-state index in [1.54, 1.807) is 14.2 Å². The van der Waals surface area contributed by atoms with Gasteiger partial charge in [-0.15, -0.1) is 0 Å². The van der Waals surface area contributed by atoms with Crippen molar-refractivity contribution in [2.24, 2.45) is 0 Å². The highest BCUT2D eigenvalue weighted by Gasteiger charge is 2.16. The van der Waals surface area contributed by atoms with Crippen LogP contribution in [0.25, 0.3) is 0 Å². The van der Waals surface area contributed by atoms with Crippen LogP contribution in [0.15, 0.2) is 48.5 Å². The topological polar surface area (TPSA) is 41.9 Å². The van der Waals surface area contributed by atoms with Crippen molar-refractivity contribution in [2.45, 2.75) is 26.0 Å². The summed E-state index contributed by atoms with van der Waals surface area (Å²) in [6, 6.07) is 15.9. The molecule has 0 saturated carbocycles. The van der Waals surface area contributed by atoms with E-state index in [2.05, 4.69) is 36.1 Å². The van der Waals surface area contributed by atoms with Crippen molar-refractivity contribution >= 4 is 0 Å². The van der Waals surface area contributed by atoms with Gasteiger partial charge in [-0.25, -0.2) is 0 Å². The van der Waals surface area contributed by atoms with Crippen LogP contribution in [-0.2, 0) is 6.54 Å². The molecule has 0 aromatic heterocycles. The Hall–Kier alpha value is -2.04. The highest BCUT2D eigenvalue weighted by Crippen LogP contribution is 2.31. The first-order valence-corrected chi connectivity index (χ1v) is 8.34. The third-order valence-electron chi connectivity index (χ3n) is 4.21. The van der Waals surface area contributed by atoms with Gasteiger partial charge in [-0.1, -0.05) is 37.3 Å². The molecule has 24 heavy (non-hydrogen) atoms. The second kappa shape index (κ2) is 9.30. The maximum Gasteiger partial charge on any atom is 0.124 e. The van der Waals surface area contributed by atoms with E-state index < -0.39 is 6.10 Å². The van der Waals surface area contributed by atoms with E-state index in [0.717, 1.165) is 30.9 Å². The molecular weight excluding hydrogens is 302 g/mol. The number of rotatable bonds is 9. The molecular formula is C20H27NO3. The Balaban J connectivity index is 1.99. The van der Waals surface area contributed by atoms with Crippen LogP contribution in [0.4, 0.5) is 0 Å². The van der Waals surface area contributed by atoms with Gasteiger partial charge in [0.25, 0.3) is 0 Å². The Morgan fingerprint density at radius 1 is 1.04 bits per heavy atom. The smallest absolute Gasteiger partial charge is 0.124 e. The lowest BCUT2D eigenvalue weighted by molar-refractivity contribution is 0.138. The molecule has 0 radical (unpaired) electrons. The molecule has 0 heterocycles. The van der Waals surface area contributed by atoms with Crippen molar-refractivity contribution in [1.29, 1.82) is 0 Å². The minimum Gasteiger partial charge on any atom is -0.497 e. The van der Waals surface area contributed by atoms with Gasteiger partial charge in [0.05, 0.1) is 20.3 Å². The first-order valence-electron chi connectivity index (χ1n) is 8.34. The summed E-state index contributed by atoms with van der Waals surface area (Å²) in [7, 11) is 3.24. The minimum atomic E-state index is -0.583. The van der Waals surface area contributed by atoms with Crippen molar-refractivity contribution in [2.75, 3.05) is 27.3 Å². The van der Waals surface area contributed by atoms with Crippen LogP contribution >= 0.6 is 0 Å². The molecule has 0 aliphatic heterocycles. The highest BCUT2D eigenvalue weighted by molar-refractivity contribution is 5.41. The predicted octanol–water partition coefficient (Wildman–Crippen LogP) is 3.65. The summed E-state index contributed by atoms with van der Waals surface area (Å²) in [6.07, 6.45) is 0.0596. The molecule has 2 aromatic carbocycles. The van der Waals surface area contributed by atoms with E-state index in [-0.39, 0.29) is 0 Å². The molecule has 0 aliphatic rings. The number of aliphatic hydroxyl groups is 1. The molecule has 4 nitrogen and oxygen atoms in total. The van der Waals surface area contributed by atoms with Crippen molar-refractivity contribution < 1.29 is 14.6 Å². The van der Waals surface area contributed by atoms with Gasteiger partial charge in [0, 0.05) is 18.7 Å². The average Bonchev–Trinajstić information content (AvgIpc) is 2.65. The maximum atomic E-state index is 10.6. The summed E-state index contributed by atoms with van der Waals surface area (Å²) in [5.74, 6) is 1.41. The van der Waals surface area contributed by atoms with Crippen LogP contribution in [0.1, 0.15) is 30.6 Å². The summed E-state index contributed by atoms with van der Waals surface area (Å²) in [6.45, 7) is 4.78. The van der Waals surface area contributed by atoms with Crippen molar-refractivity contribution in [1.82, 2.24) is 4.90 Å². The normalized spacial score (nSPS) is 12.2. The van der Waals surface area contributed by atoms with E-state index in [1.165, 1.54) is 5.56 Å². The first kappa shape index (κ1) is 18.3. The SMILES string of the molecule is CCN(CCC(O)c1cc(OC)ccc1OC)Cc1ccccc1. The number of ether oxygens (including phenoxy) is 2. The summed E-state index contributed by atoms with van der Waals surface area (Å²) in [5, 5.41) is 10.6. The fourth-order valence-electron chi connectivity index (χ4n) is 2.75. The van der Waals surface area contributed by atoms with Gasteiger partial charge in [0.2, 0.25) is 0 Å². The lowest BCUT2D eigenvalue weighted by Crippen LogP contribution is -2.25. The highest BCUT2D eigenvalue weighted by atomic mass is 16.5. The third kappa shape index (κ3) is 4.98. The van der Waals surface area contributed by atoms with Crippen molar-refractivity contribution in [3.8, 4) is 11.5 Å². The summed E-state index contributed by atoms with van der Waals surface area (Å²) >= 11 is 0. The minimum absolute atomic E-state index is 0.583. The van der Waals surface area contributed by atoms with Crippen LogP contribution in [0.5, 0.6) is 11.5 Å². The molecule has 4 heteroatoms. The van der Waals surface area contributed by atoms with E-state index >= 15 is 0 Å². The fourth-order valence-corrected chi connectivity index (χ4v) is 2.75. The summed E-state index contributed by atoms with van der Waals surface area (Å²) in [4.78, 5) is 2.32. The lowest BCUT2D eigenvalue weighted by atomic mass is 10.0. The molecule has 0 spiro atoms. The number of aliphatic hydroxyl groups excluding tert-OH is 1. The zero-order valence-corrected chi connectivity index (χ0v) is 14.7. The lowest BCUT2D eigenvalue weighted by Gasteiger charge is -2.23. The maximum absolute atomic E-state index is 10.6. The monoisotopic (exact) mass is 329 g/mol.